The maximum Gasteiger partial charge on any atom is 0.314 e. The minimum Gasteiger partial charge on any atom is -0.356 e. The van der Waals surface area contributed by atoms with Crippen LogP contribution in [0.25, 0.3) is 11.0 Å². The Kier molecular flexibility index (Phi) is 2.76. The smallest absolute Gasteiger partial charge is 0.314 e. The van der Waals surface area contributed by atoms with Gasteiger partial charge in [0.15, 0.2) is 0 Å². The number of fused-ring (bicyclic) bond motifs is 3. The van der Waals surface area contributed by atoms with Crippen molar-refractivity contribution in [2.75, 3.05) is 5.32 Å². The van der Waals surface area contributed by atoms with E-state index < -0.39 is 11.1 Å². The van der Waals surface area contributed by atoms with Crippen LogP contribution < -0.4 is 16.4 Å². The lowest BCUT2D eigenvalue weighted by molar-refractivity contribution is 1.14. The minimum atomic E-state index is -0.714. The third-order valence-corrected chi connectivity index (χ3v) is 3.27. The summed E-state index contributed by atoms with van der Waals surface area (Å²) in [7, 11) is 0. The summed E-state index contributed by atoms with van der Waals surface area (Å²) in [5.41, 5.74) is 2.26. The molecule has 0 saturated heterocycles. The van der Waals surface area contributed by atoms with Crippen molar-refractivity contribution in [1.82, 2.24) is 9.97 Å². The van der Waals surface area contributed by atoms with Crippen molar-refractivity contribution in [3.63, 3.8) is 0 Å². The van der Waals surface area contributed by atoms with Crippen molar-refractivity contribution in [2.24, 2.45) is 4.99 Å². The van der Waals surface area contributed by atoms with Crippen LogP contribution in [0, 0.1) is 0 Å². The van der Waals surface area contributed by atoms with Crippen LogP contribution in [0.1, 0.15) is 13.8 Å². The first-order valence-corrected chi connectivity index (χ1v) is 6.33. The molecular formula is C13H11ClN4O2. The molecule has 0 aliphatic carbocycles. The molecule has 0 saturated carbocycles. The molecule has 7 heteroatoms. The van der Waals surface area contributed by atoms with Crippen LogP contribution in [0.3, 0.4) is 0 Å². The number of aromatic nitrogens is 2. The van der Waals surface area contributed by atoms with Gasteiger partial charge in [-0.3, -0.25) is 9.59 Å². The topological polar surface area (TPSA) is 90.1 Å². The maximum atomic E-state index is 11.5. The van der Waals surface area contributed by atoms with Gasteiger partial charge in [-0.15, -0.1) is 0 Å². The molecule has 102 valence electrons. The van der Waals surface area contributed by atoms with Crippen LogP contribution in [0.4, 0.5) is 11.4 Å². The highest BCUT2D eigenvalue weighted by Crippen LogP contribution is 2.39. The van der Waals surface area contributed by atoms with E-state index in [1.165, 1.54) is 0 Å². The third kappa shape index (κ3) is 1.94. The summed E-state index contributed by atoms with van der Waals surface area (Å²) in [6, 6.07) is 1.58. The fraction of sp³-hybridized carbons (Fsp3) is 0.154. The van der Waals surface area contributed by atoms with Crippen molar-refractivity contribution >= 4 is 39.7 Å². The van der Waals surface area contributed by atoms with Crippen molar-refractivity contribution in [3.05, 3.63) is 43.6 Å². The van der Waals surface area contributed by atoms with E-state index in [4.69, 9.17) is 11.6 Å². The number of rotatable bonds is 0. The van der Waals surface area contributed by atoms with Crippen molar-refractivity contribution in [3.8, 4) is 0 Å². The van der Waals surface area contributed by atoms with Crippen molar-refractivity contribution < 1.29 is 0 Å². The SMILES string of the molecule is CC1=CC(C)=Nc2c(Cl)cc3[nH]c(=O)c(=O)[nH]c3c2N1. The fourth-order valence-corrected chi connectivity index (χ4v) is 2.45. The molecule has 3 rings (SSSR count). The number of hydrogen-bond donors (Lipinski definition) is 3. The van der Waals surface area contributed by atoms with Gasteiger partial charge in [0.25, 0.3) is 0 Å². The van der Waals surface area contributed by atoms with E-state index in [1.54, 1.807) is 6.07 Å². The van der Waals surface area contributed by atoms with Crippen LogP contribution in [0.15, 0.2) is 32.4 Å². The van der Waals surface area contributed by atoms with E-state index in [0.29, 0.717) is 27.4 Å². The van der Waals surface area contributed by atoms with E-state index >= 15 is 0 Å². The van der Waals surface area contributed by atoms with Crippen LogP contribution in [0.5, 0.6) is 0 Å². The number of H-pyrrole nitrogens is 2. The quantitative estimate of drug-likeness (QED) is 0.650. The molecule has 1 aromatic carbocycles. The third-order valence-electron chi connectivity index (χ3n) is 2.98. The highest BCUT2D eigenvalue weighted by molar-refractivity contribution is 6.35. The molecule has 1 aliphatic heterocycles. The van der Waals surface area contributed by atoms with Crippen LogP contribution >= 0.6 is 11.6 Å². The lowest BCUT2D eigenvalue weighted by Gasteiger charge is -2.12. The zero-order valence-corrected chi connectivity index (χ0v) is 11.6. The molecule has 2 aromatic rings. The van der Waals surface area contributed by atoms with E-state index in [9.17, 15) is 9.59 Å². The van der Waals surface area contributed by atoms with Gasteiger partial charge in [-0.1, -0.05) is 11.6 Å². The lowest BCUT2D eigenvalue weighted by atomic mass is 10.2. The minimum absolute atomic E-state index is 0.394. The molecule has 0 amide bonds. The van der Waals surface area contributed by atoms with Gasteiger partial charge in [0, 0.05) is 11.4 Å². The number of benzene rings is 1. The zero-order valence-electron chi connectivity index (χ0n) is 10.8. The molecule has 6 nitrogen and oxygen atoms in total. The molecular weight excluding hydrogens is 280 g/mol. The predicted octanol–water partition coefficient (Wildman–Crippen LogP) is 2.29. The Morgan fingerprint density at radius 3 is 2.60 bits per heavy atom. The van der Waals surface area contributed by atoms with Crippen molar-refractivity contribution in [1.29, 1.82) is 0 Å². The number of aromatic amines is 2. The molecule has 0 unspecified atom stereocenters. The predicted molar refractivity (Wildman–Crippen MR) is 80.3 cm³/mol. The molecule has 0 fully saturated rings. The highest BCUT2D eigenvalue weighted by atomic mass is 35.5. The molecule has 20 heavy (non-hydrogen) atoms. The summed E-state index contributed by atoms with van der Waals surface area (Å²) in [5, 5.41) is 3.55. The lowest BCUT2D eigenvalue weighted by Crippen LogP contribution is -2.29. The second-order valence-corrected chi connectivity index (χ2v) is 5.03. The average molecular weight is 291 g/mol. The van der Waals surface area contributed by atoms with Gasteiger partial charge in [0.1, 0.15) is 5.69 Å². The van der Waals surface area contributed by atoms with Gasteiger partial charge in [-0.05, 0) is 26.0 Å². The monoisotopic (exact) mass is 290 g/mol. The summed E-state index contributed by atoms with van der Waals surface area (Å²) >= 11 is 6.21. The number of aliphatic imine (C=N–C) groups is 1. The molecule has 0 atom stereocenters. The molecule has 1 aliphatic rings. The molecule has 0 radical (unpaired) electrons. The number of halogens is 1. The molecule has 3 N–H and O–H groups in total. The van der Waals surface area contributed by atoms with Gasteiger partial charge in [-0.25, -0.2) is 4.99 Å². The Balaban J connectivity index is 2.48. The van der Waals surface area contributed by atoms with E-state index in [1.807, 2.05) is 19.9 Å². The van der Waals surface area contributed by atoms with Crippen LogP contribution in [0.2, 0.25) is 5.02 Å². The van der Waals surface area contributed by atoms with Gasteiger partial charge in [0.2, 0.25) is 0 Å². The van der Waals surface area contributed by atoms with E-state index in [0.717, 1.165) is 11.4 Å². The summed E-state index contributed by atoms with van der Waals surface area (Å²) in [6.07, 6.45) is 1.87. The van der Waals surface area contributed by atoms with Gasteiger partial charge < -0.3 is 15.3 Å². The summed E-state index contributed by atoms with van der Waals surface area (Å²) in [4.78, 5) is 32.4. The fourth-order valence-electron chi connectivity index (χ4n) is 2.20. The molecule has 1 aromatic heterocycles. The summed E-state index contributed by atoms with van der Waals surface area (Å²) in [5.74, 6) is 0. The largest absolute Gasteiger partial charge is 0.356 e. The zero-order chi connectivity index (χ0) is 14.4. The summed E-state index contributed by atoms with van der Waals surface area (Å²) < 4.78 is 0. The number of nitrogens with one attached hydrogen (secondary N) is 3. The second-order valence-electron chi connectivity index (χ2n) is 4.62. The molecule has 0 bridgehead atoms. The van der Waals surface area contributed by atoms with Crippen molar-refractivity contribution in [2.45, 2.75) is 13.8 Å². The summed E-state index contributed by atoms with van der Waals surface area (Å²) in [6.45, 7) is 3.74. The number of hydrogen-bond acceptors (Lipinski definition) is 4. The number of nitrogens with zero attached hydrogens (tertiary/aromatic N) is 1. The average Bonchev–Trinajstić information content (AvgIpc) is 2.50. The van der Waals surface area contributed by atoms with E-state index in [2.05, 4.69) is 20.3 Å². The van der Waals surface area contributed by atoms with Gasteiger partial charge in [-0.2, -0.15) is 0 Å². The Morgan fingerprint density at radius 1 is 1.15 bits per heavy atom. The molecule has 2 heterocycles. The van der Waals surface area contributed by atoms with Gasteiger partial charge in [0.05, 0.1) is 21.7 Å². The van der Waals surface area contributed by atoms with Crippen LogP contribution in [-0.2, 0) is 0 Å². The Hall–Kier alpha value is -2.34. The Labute approximate surface area is 118 Å². The first-order chi connectivity index (χ1) is 9.45. The highest BCUT2D eigenvalue weighted by Gasteiger charge is 2.16. The number of anilines is 1. The first-order valence-electron chi connectivity index (χ1n) is 5.95. The van der Waals surface area contributed by atoms with Crippen LogP contribution in [-0.4, -0.2) is 15.7 Å². The normalized spacial score (nSPS) is 14.2. The second kappa shape index (κ2) is 4.35. The Bertz CT molecular complexity index is 905. The first kappa shape index (κ1) is 12.7. The maximum absolute atomic E-state index is 11.5. The molecule has 0 spiro atoms. The standard InChI is InChI=1S/C13H11ClN4O2/c1-5-3-6(2)16-11-9(15-5)7(14)4-8-10(11)18-13(20)12(19)17-8/h3-4,16H,1-2H3,(H,17,19)(H,18,20). The number of allylic oxidation sites excluding steroid dienone is 2. The van der Waals surface area contributed by atoms with Gasteiger partial charge >= 0.3 is 11.1 Å². The van der Waals surface area contributed by atoms with E-state index in [-0.39, 0.29) is 0 Å². The Morgan fingerprint density at radius 2 is 1.85 bits per heavy atom.